The van der Waals surface area contributed by atoms with Gasteiger partial charge in [0.2, 0.25) is 0 Å². The fraction of sp³-hybridized carbons (Fsp3) is 0.727. The molecule has 1 rings (SSSR count). The van der Waals surface area contributed by atoms with Crippen molar-refractivity contribution >= 4 is 17.7 Å². The highest BCUT2D eigenvalue weighted by Crippen LogP contribution is 2.30. The summed E-state index contributed by atoms with van der Waals surface area (Å²) >= 11 is 0. The third kappa shape index (κ3) is 2.81. The maximum atomic E-state index is 11.5. The Kier molecular flexibility index (Phi) is 4.46. The molecule has 16 heavy (non-hydrogen) atoms. The van der Waals surface area contributed by atoms with Crippen LogP contribution < -0.4 is 0 Å². The van der Waals surface area contributed by atoms with E-state index in [1.807, 2.05) is 0 Å². The molecule has 0 unspecified atom stereocenters. The quantitative estimate of drug-likeness (QED) is 0.525. The maximum Gasteiger partial charge on any atom is 0.320 e. The topological polar surface area (TPSA) is 69.7 Å². The zero-order valence-electron chi connectivity index (χ0n) is 9.52. The first-order chi connectivity index (χ1) is 7.60. The van der Waals surface area contributed by atoms with Crippen molar-refractivity contribution in [1.82, 2.24) is 0 Å². The van der Waals surface area contributed by atoms with Gasteiger partial charge in [0.15, 0.2) is 5.92 Å². The highest BCUT2D eigenvalue weighted by atomic mass is 16.5. The first-order valence-electron chi connectivity index (χ1n) is 5.27. The van der Waals surface area contributed by atoms with Gasteiger partial charge in [-0.1, -0.05) is 0 Å². The molecule has 0 atom stereocenters. The molecule has 5 nitrogen and oxygen atoms in total. The minimum Gasteiger partial charge on any atom is -0.468 e. The van der Waals surface area contributed by atoms with Gasteiger partial charge in [-0.2, -0.15) is 0 Å². The Morgan fingerprint density at radius 2 is 1.56 bits per heavy atom. The van der Waals surface area contributed by atoms with Crippen LogP contribution in [-0.2, 0) is 23.9 Å². The van der Waals surface area contributed by atoms with E-state index < -0.39 is 17.9 Å². The van der Waals surface area contributed by atoms with Crippen molar-refractivity contribution in [2.45, 2.75) is 25.7 Å². The average Bonchev–Trinajstić information content (AvgIpc) is 2.31. The van der Waals surface area contributed by atoms with Gasteiger partial charge < -0.3 is 9.47 Å². The first-order valence-corrected chi connectivity index (χ1v) is 5.27. The molecule has 1 aliphatic rings. The summed E-state index contributed by atoms with van der Waals surface area (Å²) in [7, 11) is 2.48. The zero-order chi connectivity index (χ0) is 12.1. The normalized spacial score (nSPS) is 17.3. The van der Waals surface area contributed by atoms with Crippen LogP contribution in [0.1, 0.15) is 25.7 Å². The van der Waals surface area contributed by atoms with Gasteiger partial charge in [-0.15, -0.1) is 0 Å². The van der Waals surface area contributed by atoms with Crippen LogP contribution in [0, 0.1) is 11.8 Å². The summed E-state index contributed by atoms with van der Waals surface area (Å²) in [6, 6.07) is 0. The molecule has 0 amide bonds. The van der Waals surface area contributed by atoms with Crippen LogP contribution in [0.4, 0.5) is 0 Å². The number of ether oxygens (including phenoxy) is 2. The van der Waals surface area contributed by atoms with Crippen molar-refractivity contribution in [1.29, 1.82) is 0 Å². The van der Waals surface area contributed by atoms with Crippen molar-refractivity contribution in [3.8, 4) is 0 Å². The average molecular weight is 228 g/mol. The molecule has 1 aliphatic carbocycles. The summed E-state index contributed by atoms with van der Waals surface area (Å²) < 4.78 is 9.18. The molecular formula is C11H16O5. The van der Waals surface area contributed by atoms with Gasteiger partial charge in [-0.05, 0) is 18.8 Å². The van der Waals surface area contributed by atoms with Gasteiger partial charge in [-0.25, -0.2) is 0 Å². The Morgan fingerprint density at radius 3 is 1.94 bits per heavy atom. The molecule has 0 aromatic heterocycles. The molecule has 1 saturated carbocycles. The molecule has 0 heterocycles. The van der Waals surface area contributed by atoms with E-state index in [0.29, 0.717) is 25.7 Å². The molecule has 0 bridgehead atoms. The molecule has 0 aliphatic heterocycles. The Morgan fingerprint density at radius 1 is 1.12 bits per heavy atom. The van der Waals surface area contributed by atoms with Gasteiger partial charge in [0.05, 0.1) is 14.2 Å². The molecule has 0 aromatic rings. The van der Waals surface area contributed by atoms with E-state index in [0.717, 1.165) is 0 Å². The fourth-order valence-corrected chi connectivity index (χ4v) is 2.03. The minimum absolute atomic E-state index is 0.141. The molecule has 0 N–H and O–H groups in total. The van der Waals surface area contributed by atoms with Gasteiger partial charge in [-0.3, -0.25) is 14.4 Å². The van der Waals surface area contributed by atoms with E-state index in [1.54, 1.807) is 0 Å². The third-order valence-electron chi connectivity index (χ3n) is 2.97. The standard InChI is InChI=1S/C11H16O5/c1-15-10(13)9(11(14)16-2)7-3-5-8(12)6-4-7/h7,9H,3-6H2,1-2H3. The van der Waals surface area contributed by atoms with Crippen molar-refractivity contribution in [3.05, 3.63) is 0 Å². The van der Waals surface area contributed by atoms with Gasteiger partial charge in [0, 0.05) is 12.8 Å². The highest BCUT2D eigenvalue weighted by molar-refractivity contribution is 5.95. The molecule has 90 valence electrons. The predicted molar refractivity (Wildman–Crippen MR) is 54.5 cm³/mol. The molecule has 5 heteroatoms. The SMILES string of the molecule is COC(=O)C(C(=O)OC)C1CCC(=O)CC1. The van der Waals surface area contributed by atoms with Crippen LogP contribution in [0.3, 0.4) is 0 Å². The van der Waals surface area contributed by atoms with Crippen molar-refractivity contribution in [2.75, 3.05) is 14.2 Å². The van der Waals surface area contributed by atoms with E-state index in [4.69, 9.17) is 0 Å². The number of hydrogen-bond acceptors (Lipinski definition) is 5. The lowest BCUT2D eigenvalue weighted by atomic mass is 9.79. The van der Waals surface area contributed by atoms with Crippen LogP contribution in [-0.4, -0.2) is 31.9 Å². The van der Waals surface area contributed by atoms with E-state index in [2.05, 4.69) is 9.47 Å². The Bertz CT molecular complexity index is 271. The summed E-state index contributed by atoms with van der Waals surface area (Å²) in [4.78, 5) is 34.0. The summed E-state index contributed by atoms with van der Waals surface area (Å²) in [6.07, 6.45) is 1.95. The first kappa shape index (κ1) is 12.7. The second-order valence-corrected chi connectivity index (χ2v) is 3.90. The maximum absolute atomic E-state index is 11.5. The summed E-state index contributed by atoms with van der Waals surface area (Å²) in [5, 5.41) is 0. The lowest BCUT2D eigenvalue weighted by Gasteiger charge is -2.25. The van der Waals surface area contributed by atoms with Crippen molar-refractivity contribution in [3.63, 3.8) is 0 Å². The fourth-order valence-electron chi connectivity index (χ4n) is 2.03. The molecular weight excluding hydrogens is 212 g/mol. The number of methoxy groups -OCH3 is 2. The van der Waals surface area contributed by atoms with Gasteiger partial charge >= 0.3 is 11.9 Å². The predicted octanol–water partition coefficient (Wildman–Crippen LogP) is 0.708. The van der Waals surface area contributed by atoms with Crippen LogP contribution in [0.15, 0.2) is 0 Å². The third-order valence-corrected chi connectivity index (χ3v) is 2.97. The minimum atomic E-state index is -0.886. The lowest BCUT2D eigenvalue weighted by molar-refractivity contribution is -0.162. The number of Topliss-reactive ketones (excluding diaryl/α,β-unsaturated/α-hetero) is 1. The van der Waals surface area contributed by atoms with Crippen molar-refractivity contribution in [2.24, 2.45) is 11.8 Å². The summed E-state index contributed by atoms with van der Waals surface area (Å²) in [5.74, 6) is -2.00. The van der Waals surface area contributed by atoms with Gasteiger partial charge in [0.25, 0.3) is 0 Å². The largest absolute Gasteiger partial charge is 0.468 e. The summed E-state index contributed by atoms with van der Waals surface area (Å²) in [5.41, 5.74) is 0. The lowest BCUT2D eigenvalue weighted by Crippen LogP contribution is -2.35. The second-order valence-electron chi connectivity index (χ2n) is 3.90. The number of ketones is 1. The molecule has 0 saturated heterocycles. The highest BCUT2D eigenvalue weighted by Gasteiger charge is 2.38. The molecule has 1 fully saturated rings. The van der Waals surface area contributed by atoms with E-state index in [-0.39, 0.29) is 11.7 Å². The van der Waals surface area contributed by atoms with Crippen LogP contribution in [0.25, 0.3) is 0 Å². The second kappa shape index (κ2) is 5.63. The number of carbonyl (C=O) groups excluding carboxylic acids is 3. The zero-order valence-corrected chi connectivity index (χ0v) is 9.52. The van der Waals surface area contributed by atoms with E-state index in [1.165, 1.54) is 14.2 Å². The Balaban J connectivity index is 2.72. The Labute approximate surface area is 94.1 Å². The number of carbonyl (C=O) groups is 3. The van der Waals surface area contributed by atoms with Crippen LogP contribution in [0.2, 0.25) is 0 Å². The van der Waals surface area contributed by atoms with E-state index in [9.17, 15) is 14.4 Å². The molecule has 0 aromatic carbocycles. The molecule has 0 radical (unpaired) electrons. The van der Waals surface area contributed by atoms with Crippen LogP contribution >= 0.6 is 0 Å². The Hall–Kier alpha value is -1.39. The number of rotatable bonds is 3. The van der Waals surface area contributed by atoms with E-state index >= 15 is 0 Å². The van der Waals surface area contributed by atoms with Crippen LogP contribution in [0.5, 0.6) is 0 Å². The smallest absolute Gasteiger partial charge is 0.320 e. The number of hydrogen-bond donors (Lipinski definition) is 0. The van der Waals surface area contributed by atoms with Crippen molar-refractivity contribution < 1.29 is 23.9 Å². The monoisotopic (exact) mass is 228 g/mol. The van der Waals surface area contributed by atoms with Gasteiger partial charge in [0.1, 0.15) is 5.78 Å². The molecule has 0 spiro atoms. The number of esters is 2. The summed E-state index contributed by atoms with van der Waals surface area (Å²) in [6.45, 7) is 0.